The molecule has 1 aliphatic heterocycles. The molecule has 2 aromatic carbocycles. The molecule has 0 bridgehead atoms. The lowest BCUT2D eigenvalue weighted by Gasteiger charge is -2.37. The Bertz CT molecular complexity index is 943. The molecule has 1 aromatic heterocycles. The molecule has 0 radical (unpaired) electrons. The molecule has 1 fully saturated rings. The zero-order valence-corrected chi connectivity index (χ0v) is 17.6. The number of thiocarbonyl (C=S) groups is 1. The van der Waals surface area contributed by atoms with E-state index in [4.69, 9.17) is 16.6 Å². The second-order valence-electron chi connectivity index (χ2n) is 6.79. The van der Waals surface area contributed by atoms with Gasteiger partial charge in [0, 0.05) is 41.9 Å². The highest BCUT2D eigenvalue weighted by Gasteiger charge is 2.22. The van der Waals surface area contributed by atoms with Crippen molar-refractivity contribution in [3.63, 3.8) is 0 Å². The van der Waals surface area contributed by atoms with E-state index in [9.17, 15) is 0 Å². The number of anilines is 1. The van der Waals surface area contributed by atoms with Crippen molar-refractivity contribution < 1.29 is 4.42 Å². The van der Waals surface area contributed by atoms with Crippen LogP contribution in [-0.4, -0.2) is 36.1 Å². The number of furan rings is 1. The van der Waals surface area contributed by atoms with Gasteiger partial charge in [0.15, 0.2) is 5.76 Å². The topological polar surface area (TPSA) is 19.6 Å². The highest BCUT2D eigenvalue weighted by Crippen LogP contribution is 2.25. The molecule has 138 valence electrons. The second kappa shape index (κ2) is 7.87. The fourth-order valence-electron chi connectivity index (χ4n) is 3.37. The molecule has 3 aromatic rings. The summed E-state index contributed by atoms with van der Waals surface area (Å²) in [6, 6.07) is 20.7. The molecule has 0 N–H and O–H groups in total. The molecule has 0 spiro atoms. The molecule has 3 nitrogen and oxygen atoms in total. The van der Waals surface area contributed by atoms with Crippen LogP contribution in [0.2, 0.25) is 0 Å². The van der Waals surface area contributed by atoms with Crippen LogP contribution in [0, 0.1) is 6.92 Å². The Kier molecular flexibility index (Phi) is 5.32. The normalized spacial score (nSPS) is 14.4. The molecule has 0 amide bonds. The van der Waals surface area contributed by atoms with Gasteiger partial charge in [0.25, 0.3) is 0 Å². The van der Waals surface area contributed by atoms with E-state index in [1.807, 2.05) is 36.4 Å². The summed E-state index contributed by atoms with van der Waals surface area (Å²) in [5.41, 5.74) is 3.63. The van der Waals surface area contributed by atoms with Crippen LogP contribution in [0.3, 0.4) is 0 Å². The average Bonchev–Trinajstić information content (AvgIpc) is 3.18. The molecule has 4 rings (SSSR count). The summed E-state index contributed by atoms with van der Waals surface area (Å²) in [4.78, 5) is 5.45. The summed E-state index contributed by atoms with van der Waals surface area (Å²) < 4.78 is 7.10. The number of piperazine rings is 1. The van der Waals surface area contributed by atoms with Gasteiger partial charge in [-0.1, -0.05) is 52.4 Å². The molecule has 2 heterocycles. The van der Waals surface area contributed by atoms with Gasteiger partial charge in [0.2, 0.25) is 0 Å². The van der Waals surface area contributed by atoms with E-state index < -0.39 is 0 Å². The van der Waals surface area contributed by atoms with Gasteiger partial charge in [-0.25, -0.2) is 0 Å². The molecule has 27 heavy (non-hydrogen) atoms. The summed E-state index contributed by atoms with van der Waals surface area (Å²) in [5, 5.41) is 0. The van der Waals surface area contributed by atoms with Gasteiger partial charge in [0.1, 0.15) is 10.7 Å². The molecule has 1 aliphatic rings. The molecule has 0 unspecified atom stereocenters. The first-order valence-corrected chi connectivity index (χ1v) is 10.3. The quantitative estimate of drug-likeness (QED) is 0.499. The molecule has 0 atom stereocenters. The van der Waals surface area contributed by atoms with Gasteiger partial charge in [0.05, 0.1) is 0 Å². The molecule has 1 saturated heterocycles. The number of nitrogens with zero attached hydrogens (tertiary/aromatic N) is 2. The number of hydrogen-bond donors (Lipinski definition) is 0. The van der Waals surface area contributed by atoms with Crippen molar-refractivity contribution in [3.05, 3.63) is 76.5 Å². The average molecular weight is 441 g/mol. The summed E-state index contributed by atoms with van der Waals surface area (Å²) in [5.74, 6) is 1.62. The minimum Gasteiger partial charge on any atom is -0.454 e. The van der Waals surface area contributed by atoms with Gasteiger partial charge in [-0.15, -0.1) is 0 Å². The van der Waals surface area contributed by atoms with Crippen molar-refractivity contribution in [2.24, 2.45) is 0 Å². The van der Waals surface area contributed by atoms with Crippen LogP contribution >= 0.6 is 28.1 Å². The van der Waals surface area contributed by atoms with Crippen molar-refractivity contribution in [2.75, 3.05) is 31.1 Å². The first-order chi connectivity index (χ1) is 13.1. The van der Waals surface area contributed by atoms with Crippen molar-refractivity contribution in [2.45, 2.75) is 6.92 Å². The number of benzene rings is 2. The fourth-order valence-corrected chi connectivity index (χ4v) is 3.93. The molecular formula is C22H21BrN2OS. The van der Waals surface area contributed by atoms with Crippen molar-refractivity contribution in [3.8, 4) is 11.3 Å². The van der Waals surface area contributed by atoms with Gasteiger partial charge < -0.3 is 14.2 Å². The predicted molar refractivity (Wildman–Crippen MR) is 119 cm³/mol. The lowest BCUT2D eigenvalue weighted by Crippen LogP contribution is -2.48. The standard InChI is InChI=1S/C22H21BrN2OS/c1-16-3-2-4-19(15-16)24-11-13-25(14-12-24)22(27)21-10-9-20(26-21)17-5-7-18(23)8-6-17/h2-10,15H,11-14H2,1H3. The highest BCUT2D eigenvalue weighted by atomic mass is 79.9. The minimum atomic E-state index is 0.770. The lowest BCUT2D eigenvalue weighted by atomic mass is 10.2. The fraction of sp³-hybridized carbons (Fsp3) is 0.227. The highest BCUT2D eigenvalue weighted by molar-refractivity contribution is 9.10. The third kappa shape index (κ3) is 4.09. The van der Waals surface area contributed by atoms with Crippen LogP contribution in [0.1, 0.15) is 11.3 Å². The number of hydrogen-bond acceptors (Lipinski definition) is 3. The summed E-state index contributed by atoms with van der Waals surface area (Å²) in [7, 11) is 0. The van der Waals surface area contributed by atoms with Crippen LogP contribution in [0.4, 0.5) is 5.69 Å². The Balaban J connectivity index is 1.42. The zero-order chi connectivity index (χ0) is 18.8. The molecule has 5 heteroatoms. The van der Waals surface area contributed by atoms with Gasteiger partial charge >= 0.3 is 0 Å². The molecular weight excluding hydrogens is 420 g/mol. The van der Waals surface area contributed by atoms with E-state index in [1.165, 1.54) is 11.3 Å². The SMILES string of the molecule is Cc1cccc(N2CCN(C(=S)c3ccc(-c4ccc(Br)cc4)o3)CC2)c1. The zero-order valence-electron chi connectivity index (χ0n) is 15.2. The van der Waals surface area contributed by atoms with Gasteiger partial charge in [-0.3, -0.25) is 0 Å². The molecule has 0 saturated carbocycles. The second-order valence-corrected chi connectivity index (χ2v) is 8.09. The Morgan fingerprint density at radius 2 is 1.70 bits per heavy atom. The lowest BCUT2D eigenvalue weighted by molar-refractivity contribution is 0.385. The Labute approximate surface area is 173 Å². The minimum absolute atomic E-state index is 0.770. The number of rotatable bonds is 3. The maximum atomic E-state index is 6.04. The summed E-state index contributed by atoms with van der Waals surface area (Å²) in [6.45, 7) is 5.87. The first-order valence-electron chi connectivity index (χ1n) is 9.07. The van der Waals surface area contributed by atoms with Crippen molar-refractivity contribution >= 4 is 38.8 Å². The number of aryl methyl sites for hydroxylation is 1. The largest absolute Gasteiger partial charge is 0.454 e. The number of halogens is 1. The first kappa shape index (κ1) is 18.3. The monoisotopic (exact) mass is 440 g/mol. The third-order valence-corrected chi connectivity index (χ3v) is 5.87. The van der Waals surface area contributed by atoms with E-state index in [-0.39, 0.29) is 0 Å². The van der Waals surface area contributed by atoms with Crippen LogP contribution in [-0.2, 0) is 0 Å². The van der Waals surface area contributed by atoms with Gasteiger partial charge in [-0.2, -0.15) is 0 Å². The van der Waals surface area contributed by atoms with E-state index >= 15 is 0 Å². The van der Waals surface area contributed by atoms with Crippen LogP contribution < -0.4 is 4.90 Å². The van der Waals surface area contributed by atoms with Crippen molar-refractivity contribution in [1.29, 1.82) is 0 Å². The smallest absolute Gasteiger partial charge is 0.162 e. The van der Waals surface area contributed by atoms with Crippen LogP contribution in [0.15, 0.2) is 69.6 Å². The Hall–Kier alpha value is -2.11. The van der Waals surface area contributed by atoms with Gasteiger partial charge in [-0.05, 0) is 48.9 Å². The van der Waals surface area contributed by atoms with E-state index in [1.54, 1.807) is 0 Å². The molecule has 0 aliphatic carbocycles. The maximum Gasteiger partial charge on any atom is 0.162 e. The Morgan fingerprint density at radius 3 is 2.41 bits per heavy atom. The summed E-state index contributed by atoms with van der Waals surface area (Å²) in [6.07, 6.45) is 0. The van der Waals surface area contributed by atoms with Crippen LogP contribution in [0.25, 0.3) is 11.3 Å². The summed E-state index contributed by atoms with van der Waals surface area (Å²) >= 11 is 9.17. The van der Waals surface area contributed by atoms with E-state index in [0.29, 0.717) is 0 Å². The maximum absolute atomic E-state index is 6.04. The third-order valence-electron chi connectivity index (χ3n) is 4.88. The Morgan fingerprint density at radius 1 is 0.963 bits per heavy atom. The predicted octanol–water partition coefficient (Wildman–Crippen LogP) is 5.52. The van der Waals surface area contributed by atoms with E-state index in [2.05, 4.69) is 56.9 Å². The van der Waals surface area contributed by atoms with E-state index in [0.717, 1.165) is 52.7 Å². The van der Waals surface area contributed by atoms with Crippen molar-refractivity contribution in [1.82, 2.24) is 4.90 Å². The van der Waals surface area contributed by atoms with Crippen LogP contribution in [0.5, 0.6) is 0 Å².